The summed E-state index contributed by atoms with van der Waals surface area (Å²) in [4.78, 5) is 11.9. The summed E-state index contributed by atoms with van der Waals surface area (Å²) in [5, 5.41) is 14.9. The largest absolute Gasteiger partial charge is 0.353 e. The highest BCUT2D eigenvalue weighted by Crippen LogP contribution is 2.30. The highest BCUT2D eigenvalue weighted by Gasteiger charge is 2.17. The quantitative estimate of drug-likeness (QED) is 0.789. The zero-order valence-corrected chi connectivity index (χ0v) is 14.7. The van der Waals surface area contributed by atoms with E-state index in [4.69, 9.17) is 0 Å². The lowest BCUT2D eigenvalue weighted by atomic mass is 10.2. The first kappa shape index (κ1) is 16.8. The van der Waals surface area contributed by atoms with E-state index in [0.29, 0.717) is 0 Å². The number of nitrogens with one attached hydrogen (secondary N) is 2. The van der Waals surface area contributed by atoms with Crippen LogP contribution < -0.4 is 10.6 Å². The summed E-state index contributed by atoms with van der Waals surface area (Å²) in [5.41, 5.74) is 2.17. The normalized spacial score (nSPS) is 12.2. The molecule has 0 fully saturated rings. The van der Waals surface area contributed by atoms with Gasteiger partial charge in [-0.05, 0) is 45.4 Å². The maximum atomic E-state index is 11.9. The summed E-state index contributed by atoms with van der Waals surface area (Å²) in [6, 6.07) is 8.21. The van der Waals surface area contributed by atoms with Crippen molar-refractivity contribution in [2.45, 2.75) is 43.3 Å². The molecule has 7 heteroatoms. The van der Waals surface area contributed by atoms with Crippen molar-refractivity contribution in [2.75, 3.05) is 5.32 Å². The molecule has 0 aliphatic heterocycles. The van der Waals surface area contributed by atoms with Crippen molar-refractivity contribution in [3.8, 4) is 0 Å². The number of rotatable bonds is 6. The fourth-order valence-corrected chi connectivity index (χ4v) is 3.69. The van der Waals surface area contributed by atoms with Crippen LogP contribution >= 0.6 is 23.1 Å². The molecule has 0 saturated carbocycles. The molecule has 118 valence electrons. The number of benzene rings is 1. The number of carbonyl (C=O) groups excluding carboxylic acids is 1. The molecule has 2 aromatic rings. The van der Waals surface area contributed by atoms with Crippen LogP contribution in [0.4, 0.5) is 10.8 Å². The Labute approximate surface area is 138 Å². The zero-order valence-electron chi connectivity index (χ0n) is 13.1. The number of thioether (sulfide) groups is 1. The lowest BCUT2D eigenvalue weighted by Gasteiger charge is -2.12. The minimum Gasteiger partial charge on any atom is -0.353 e. The zero-order chi connectivity index (χ0) is 16.1. The Morgan fingerprint density at radius 2 is 2.05 bits per heavy atom. The molecule has 0 radical (unpaired) electrons. The van der Waals surface area contributed by atoms with Crippen LogP contribution in [0.2, 0.25) is 0 Å². The SMILES string of the molecule is Cc1cccc(Nc2nnc(SC(C)C(=O)NC(C)C)s2)c1. The van der Waals surface area contributed by atoms with Gasteiger partial charge in [-0.1, -0.05) is 35.2 Å². The Morgan fingerprint density at radius 3 is 2.73 bits per heavy atom. The molecule has 0 aliphatic rings. The van der Waals surface area contributed by atoms with E-state index >= 15 is 0 Å². The molecular weight excluding hydrogens is 316 g/mol. The monoisotopic (exact) mass is 336 g/mol. The third kappa shape index (κ3) is 4.99. The maximum Gasteiger partial charge on any atom is 0.233 e. The van der Waals surface area contributed by atoms with Gasteiger partial charge in [0, 0.05) is 11.7 Å². The van der Waals surface area contributed by atoms with Gasteiger partial charge in [-0.15, -0.1) is 10.2 Å². The van der Waals surface area contributed by atoms with E-state index in [0.717, 1.165) is 15.2 Å². The van der Waals surface area contributed by atoms with Gasteiger partial charge in [-0.2, -0.15) is 0 Å². The van der Waals surface area contributed by atoms with Crippen LogP contribution in [0.15, 0.2) is 28.6 Å². The molecular formula is C15H20N4OS2. The Balaban J connectivity index is 1.95. The molecule has 1 unspecified atom stereocenters. The first-order valence-corrected chi connectivity index (χ1v) is 8.78. The summed E-state index contributed by atoms with van der Waals surface area (Å²) in [7, 11) is 0. The van der Waals surface area contributed by atoms with Crippen LogP contribution in [0.25, 0.3) is 0 Å². The fourth-order valence-electron chi connectivity index (χ4n) is 1.76. The molecule has 1 heterocycles. The summed E-state index contributed by atoms with van der Waals surface area (Å²) >= 11 is 2.87. The van der Waals surface area contributed by atoms with E-state index < -0.39 is 0 Å². The van der Waals surface area contributed by atoms with Crippen molar-refractivity contribution in [2.24, 2.45) is 0 Å². The fraction of sp³-hybridized carbons (Fsp3) is 0.400. The van der Waals surface area contributed by atoms with Crippen molar-refractivity contribution in [3.05, 3.63) is 29.8 Å². The molecule has 0 saturated heterocycles. The van der Waals surface area contributed by atoms with Gasteiger partial charge in [0.25, 0.3) is 0 Å². The molecule has 1 amide bonds. The topological polar surface area (TPSA) is 66.9 Å². The van der Waals surface area contributed by atoms with Gasteiger partial charge < -0.3 is 10.6 Å². The minimum atomic E-state index is -0.192. The molecule has 0 bridgehead atoms. The Hall–Kier alpha value is -1.60. The number of aryl methyl sites for hydroxylation is 1. The number of anilines is 2. The highest BCUT2D eigenvalue weighted by molar-refractivity contribution is 8.02. The van der Waals surface area contributed by atoms with Gasteiger partial charge in [0.2, 0.25) is 11.0 Å². The van der Waals surface area contributed by atoms with Crippen molar-refractivity contribution < 1.29 is 4.79 Å². The van der Waals surface area contributed by atoms with E-state index in [1.807, 2.05) is 52.0 Å². The van der Waals surface area contributed by atoms with Crippen molar-refractivity contribution in [1.82, 2.24) is 15.5 Å². The second kappa shape index (κ2) is 7.60. The third-order valence-electron chi connectivity index (χ3n) is 2.75. The van der Waals surface area contributed by atoms with Crippen LogP contribution in [0.3, 0.4) is 0 Å². The van der Waals surface area contributed by atoms with Gasteiger partial charge in [-0.3, -0.25) is 4.79 Å². The average Bonchev–Trinajstić information content (AvgIpc) is 2.85. The molecule has 2 rings (SSSR count). The molecule has 1 atom stereocenters. The number of hydrogen-bond acceptors (Lipinski definition) is 6. The molecule has 5 nitrogen and oxygen atoms in total. The Bertz CT molecular complexity index is 642. The number of amides is 1. The maximum absolute atomic E-state index is 11.9. The van der Waals surface area contributed by atoms with Crippen LogP contribution in [0.5, 0.6) is 0 Å². The first-order valence-electron chi connectivity index (χ1n) is 7.08. The molecule has 0 aliphatic carbocycles. The van der Waals surface area contributed by atoms with Crippen LogP contribution in [0.1, 0.15) is 26.3 Å². The number of aromatic nitrogens is 2. The molecule has 22 heavy (non-hydrogen) atoms. The van der Waals surface area contributed by atoms with Crippen LogP contribution in [-0.2, 0) is 4.79 Å². The molecule has 0 spiro atoms. The Morgan fingerprint density at radius 1 is 1.27 bits per heavy atom. The summed E-state index contributed by atoms with van der Waals surface area (Å²) in [5.74, 6) is 0.0170. The summed E-state index contributed by atoms with van der Waals surface area (Å²) < 4.78 is 0.779. The molecule has 2 N–H and O–H groups in total. The second-order valence-corrected chi connectivity index (χ2v) is 7.86. The van der Waals surface area contributed by atoms with Gasteiger partial charge in [0.05, 0.1) is 5.25 Å². The number of hydrogen-bond donors (Lipinski definition) is 2. The second-order valence-electron chi connectivity index (χ2n) is 5.29. The van der Waals surface area contributed by atoms with E-state index in [-0.39, 0.29) is 17.2 Å². The average molecular weight is 336 g/mol. The third-order valence-corrected chi connectivity index (χ3v) is 4.78. The lowest BCUT2D eigenvalue weighted by Crippen LogP contribution is -2.35. The van der Waals surface area contributed by atoms with E-state index in [1.165, 1.54) is 28.7 Å². The van der Waals surface area contributed by atoms with E-state index in [9.17, 15) is 4.79 Å². The number of carbonyl (C=O) groups is 1. The van der Waals surface area contributed by atoms with Crippen molar-refractivity contribution in [1.29, 1.82) is 0 Å². The van der Waals surface area contributed by atoms with Gasteiger partial charge >= 0.3 is 0 Å². The summed E-state index contributed by atoms with van der Waals surface area (Å²) in [6.45, 7) is 7.81. The van der Waals surface area contributed by atoms with Gasteiger partial charge in [0.1, 0.15) is 0 Å². The first-order chi connectivity index (χ1) is 10.4. The van der Waals surface area contributed by atoms with Crippen molar-refractivity contribution in [3.63, 3.8) is 0 Å². The smallest absolute Gasteiger partial charge is 0.233 e. The van der Waals surface area contributed by atoms with Crippen molar-refractivity contribution >= 4 is 39.8 Å². The summed E-state index contributed by atoms with van der Waals surface area (Å²) in [6.07, 6.45) is 0. The van der Waals surface area contributed by atoms with Gasteiger partial charge in [-0.25, -0.2) is 0 Å². The molecule has 1 aromatic carbocycles. The molecule has 1 aromatic heterocycles. The predicted octanol–water partition coefficient (Wildman–Crippen LogP) is 3.60. The van der Waals surface area contributed by atoms with Crippen LogP contribution in [-0.4, -0.2) is 27.4 Å². The van der Waals surface area contributed by atoms with E-state index in [2.05, 4.69) is 20.8 Å². The standard InChI is InChI=1S/C15H20N4OS2/c1-9(2)16-13(20)11(4)21-15-19-18-14(22-15)17-12-7-5-6-10(3)8-12/h5-9,11H,1-4H3,(H,16,20)(H,17,18). The van der Waals surface area contributed by atoms with E-state index in [1.54, 1.807) is 0 Å². The highest BCUT2D eigenvalue weighted by atomic mass is 32.2. The lowest BCUT2D eigenvalue weighted by molar-refractivity contribution is -0.120. The number of nitrogens with zero attached hydrogens (tertiary/aromatic N) is 2. The minimum absolute atomic E-state index is 0.0170. The van der Waals surface area contributed by atoms with Crippen LogP contribution in [0, 0.1) is 6.92 Å². The predicted molar refractivity (Wildman–Crippen MR) is 93.0 cm³/mol. The Kier molecular flexibility index (Phi) is 5.79. The van der Waals surface area contributed by atoms with Gasteiger partial charge in [0.15, 0.2) is 4.34 Å².